The molecule has 0 N–H and O–H groups in total. The van der Waals surface area contributed by atoms with E-state index in [-0.39, 0.29) is 5.92 Å². The van der Waals surface area contributed by atoms with Gasteiger partial charge in [0.2, 0.25) is 0 Å². The fraction of sp³-hybridized carbons (Fsp3) is 0.118. The van der Waals surface area contributed by atoms with E-state index in [1.807, 2.05) is 0 Å². The Morgan fingerprint density at radius 1 is 0.389 bits per heavy atom. The van der Waals surface area contributed by atoms with Crippen molar-refractivity contribution < 1.29 is 0 Å². The molecule has 5 aromatic carbocycles. The topological polar surface area (TPSA) is 0 Å². The average Bonchev–Trinajstić information content (AvgIpc) is 2.98. The van der Waals surface area contributed by atoms with Crippen LogP contribution in [0.1, 0.15) is 33.7 Å². The summed E-state index contributed by atoms with van der Waals surface area (Å²) >= 11 is 6.40. The maximum Gasteiger partial charge on any atom is 0.0560 e. The monoisotopic (exact) mass is 596 g/mol. The third-order valence-electron chi connectivity index (χ3n) is 6.46. The van der Waals surface area contributed by atoms with E-state index in [0.717, 1.165) is 10.7 Å². The average molecular weight is 598 g/mol. The van der Waals surface area contributed by atoms with Gasteiger partial charge in [-0.2, -0.15) is 0 Å². The first-order valence-electron chi connectivity index (χ1n) is 12.2. The molecule has 0 atom stereocenters. The van der Waals surface area contributed by atoms with Gasteiger partial charge in [0.05, 0.1) is 5.41 Å². The van der Waals surface area contributed by atoms with Gasteiger partial charge >= 0.3 is 0 Å². The lowest BCUT2D eigenvalue weighted by atomic mass is 9.58. The summed E-state index contributed by atoms with van der Waals surface area (Å²) in [6, 6.07) is 54.8. The molecule has 5 rings (SSSR count). The Bertz CT molecular complexity index is 1130. The molecule has 0 aliphatic rings. The van der Waals surface area contributed by atoms with Crippen LogP contribution in [0.5, 0.6) is 0 Å². The van der Waals surface area contributed by atoms with Crippen molar-refractivity contribution in [2.24, 2.45) is 0 Å². The molecule has 180 valence electrons. The van der Waals surface area contributed by atoms with E-state index in [2.05, 4.69) is 184 Å². The second-order valence-corrected chi connectivity index (χ2v) is 10.1. The normalized spacial score (nSPS) is 11.0. The predicted octanol–water partition coefficient (Wildman–Crippen LogP) is 9.63. The fourth-order valence-electron chi connectivity index (χ4n) is 5.09. The van der Waals surface area contributed by atoms with Crippen molar-refractivity contribution in [3.05, 3.63) is 179 Å². The van der Waals surface area contributed by atoms with Crippen LogP contribution in [0.2, 0.25) is 0 Å². The molecular formula is C34H30Br2. The molecule has 2 heteroatoms. The van der Waals surface area contributed by atoms with E-state index in [4.69, 9.17) is 0 Å². The SMILES string of the molecule is BrCCBr.c1ccc(C(c2ccccc2)C(c2ccccc2)(c2ccccc2)c2ccccc2)cc1. The number of halogens is 2. The predicted molar refractivity (Wildman–Crippen MR) is 162 cm³/mol. The van der Waals surface area contributed by atoms with Crippen molar-refractivity contribution in [3.63, 3.8) is 0 Å². The highest BCUT2D eigenvalue weighted by atomic mass is 79.9. The van der Waals surface area contributed by atoms with Crippen LogP contribution in [0.4, 0.5) is 0 Å². The van der Waals surface area contributed by atoms with Gasteiger partial charge in [0.15, 0.2) is 0 Å². The molecule has 0 heterocycles. The molecule has 0 radical (unpaired) electrons. The summed E-state index contributed by atoms with van der Waals surface area (Å²) in [5, 5.41) is 2.10. The Hall–Kier alpha value is -2.94. The molecule has 0 fully saturated rings. The van der Waals surface area contributed by atoms with E-state index in [0.29, 0.717) is 0 Å². The van der Waals surface area contributed by atoms with E-state index in [9.17, 15) is 0 Å². The number of rotatable bonds is 7. The zero-order valence-corrected chi connectivity index (χ0v) is 23.4. The fourth-order valence-corrected chi connectivity index (χ4v) is 5.09. The third-order valence-corrected chi connectivity index (χ3v) is 8.31. The first-order valence-corrected chi connectivity index (χ1v) is 14.4. The lowest BCUT2D eigenvalue weighted by Crippen LogP contribution is -2.37. The van der Waals surface area contributed by atoms with Gasteiger partial charge in [-0.05, 0) is 27.8 Å². The van der Waals surface area contributed by atoms with Gasteiger partial charge in [-0.25, -0.2) is 0 Å². The van der Waals surface area contributed by atoms with E-state index < -0.39 is 5.41 Å². The largest absolute Gasteiger partial charge is 0.0919 e. The van der Waals surface area contributed by atoms with E-state index in [1.54, 1.807) is 0 Å². The summed E-state index contributed by atoms with van der Waals surface area (Å²) in [6.07, 6.45) is 0. The van der Waals surface area contributed by atoms with Crippen molar-refractivity contribution in [2.75, 3.05) is 10.7 Å². The molecule has 0 aromatic heterocycles. The first-order chi connectivity index (χ1) is 17.8. The van der Waals surface area contributed by atoms with Crippen molar-refractivity contribution in [2.45, 2.75) is 11.3 Å². The number of benzene rings is 5. The van der Waals surface area contributed by atoms with Crippen LogP contribution in [0, 0.1) is 0 Å². The van der Waals surface area contributed by atoms with E-state index in [1.165, 1.54) is 27.8 Å². The Labute approximate surface area is 232 Å². The Morgan fingerprint density at radius 2 is 0.639 bits per heavy atom. The molecule has 0 aliphatic heterocycles. The van der Waals surface area contributed by atoms with Crippen LogP contribution in [0.25, 0.3) is 0 Å². The highest BCUT2D eigenvalue weighted by Crippen LogP contribution is 2.52. The second-order valence-electron chi connectivity index (χ2n) is 8.54. The summed E-state index contributed by atoms with van der Waals surface area (Å²) < 4.78 is 0. The van der Waals surface area contributed by atoms with Gasteiger partial charge in [-0.15, -0.1) is 0 Å². The van der Waals surface area contributed by atoms with Crippen molar-refractivity contribution in [1.82, 2.24) is 0 Å². The highest BCUT2D eigenvalue weighted by molar-refractivity contribution is 9.11. The first kappa shape index (κ1) is 26.1. The van der Waals surface area contributed by atoms with Gasteiger partial charge < -0.3 is 0 Å². The molecule has 0 saturated heterocycles. The zero-order valence-electron chi connectivity index (χ0n) is 20.2. The summed E-state index contributed by atoms with van der Waals surface area (Å²) in [5.41, 5.74) is 6.07. The molecule has 5 aromatic rings. The summed E-state index contributed by atoms with van der Waals surface area (Å²) in [4.78, 5) is 0. The lowest BCUT2D eigenvalue weighted by molar-refractivity contribution is 0.537. The maximum atomic E-state index is 3.20. The molecule has 0 saturated carbocycles. The molecule has 0 bridgehead atoms. The zero-order chi connectivity index (χ0) is 25.1. The summed E-state index contributed by atoms with van der Waals surface area (Å²) in [5.74, 6) is 0.0945. The minimum atomic E-state index is -0.396. The maximum absolute atomic E-state index is 3.20. The van der Waals surface area contributed by atoms with Gasteiger partial charge in [0.1, 0.15) is 0 Å². The smallest absolute Gasteiger partial charge is 0.0560 e. The standard InChI is InChI=1S/C32H26.C2H4Br2/c1-6-16-26(17-7-1)31(27-18-8-2-9-19-27)32(28-20-10-3-11-21-28,29-22-12-4-13-23-29)30-24-14-5-15-25-30;3-1-2-4/h1-25,31H;1-2H2. The van der Waals surface area contributed by atoms with Crippen molar-refractivity contribution in [1.29, 1.82) is 0 Å². The van der Waals surface area contributed by atoms with Crippen LogP contribution in [-0.4, -0.2) is 10.7 Å². The Balaban J connectivity index is 0.000000709. The van der Waals surface area contributed by atoms with Crippen molar-refractivity contribution in [3.8, 4) is 0 Å². The van der Waals surface area contributed by atoms with Crippen LogP contribution >= 0.6 is 31.9 Å². The van der Waals surface area contributed by atoms with Gasteiger partial charge in [0, 0.05) is 16.6 Å². The minimum Gasteiger partial charge on any atom is -0.0919 e. The molecule has 0 aliphatic carbocycles. The highest BCUT2D eigenvalue weighted by Gasteiger charge is 2.45. The van der Waals surface area contributed by atoms with E-state index >= 15 is 0 Å². The molecular weight excluding hydrogens is 568 g/mol. The van der Waals surface area contributed by atoms with Crippen LogP contribution in [0.3, 0.4) is 0 Å². The van der Waals surface area contributed by atoms with Crippen LogP contribution in [-0.2, 0) is 5.41 Å². The Kier molecular flexibility index (Phi) is 9.72. The van der Waals surface area contributed by atoms with Gasteiger partial charge in [-0.3, -0.25) is 0 Å². The molecule has 36 heavy (non-hydrogen) atoms. The third kappa shape index (κ3) is 5.72. The molecule has 0 nitrogen and oxygen atoms in total. The summed E-state index contributed by atoms with van der Waals surface area (Å²) in [7, 11) is 0. The van der Waals surface area contributed by atoms with Crippen molar-refractivity contribution >= 4 is 31.9 Å². The quantitative estimate of drug-likeness (QED) is 0.129. The van der Waals surface area contributed by atoms with Crippen LogP contribution < -0.4 is 0 Å². The molecule has 0 spiro atoms. The minimum absolute atomic E-state index is 0.0945. The number of alkyl halides is 2. The second kappa shape index (κ2) is 13.4. The summed E-state index contributed by atoms with van der Waals surface area (Å²) in [6.45, 7) is 0. The molecule has 0 amide bonds. The Morgan fingerprint density at radius 3 is 0.889 bits per heavy atom. The lowest BCUT2D eigenvalue weighted by Gasteiger charge is -2.43. The molecule has 0 unspecified atom stereocenters. The van der Waals surface area contributed by atoms with Crippen LogP contribution in [0.15, 0.2) is 152 Å². The number of hydrogen-bond acceptors (Lipinski definition) is 0. The van der Waals surface area contributed by atoms with Gasteiger partial charge in [-0.1, -0.05) is 184 Å². The number of hydrogen-bond donors (Lipinski definition) is 0. The van der Waals surface area contributed by atoms with Gasteiger partial charge in [0.25, 0.3) is 0 Å².